The Morgan fingerprint density at radius 3 is 2.56 bits per heavy atom. The molecule has 0 atom stereocenters. The lowest BCUT2D eigenvalue weighted by Crippen LogP contribution is -2.14. The largest absolute Gasteiger partial charge is 0.356 e. The molecule has 0 spiro atoms. The molecule has 0 fully saturated rings. The molecule has 0 bridgehead atoms. The highest BCUT2D eigenvalue weighted by atomic mass is 16.6. The Bertz CT molecular complexity index is 1020. The summed E-state index contributed by atoms with van der Waals surface area (Å²) < 4.78 is 0. The molecule has 0 saturated heterocycles. The van der Waals surface area contributed by atoms with Crippen LogP contribution >= 0.6 is 0 Å². The first-order valence-electron chi connectivity index (χ1n) is 7.66. The molecule has 0 unspecified atom stereocenters. The van der Waals surface area contributed by atoms with Gasteiger partial charge in [-0.3, -0.25) is 15.2 Å². The van der Waals surface area contributed by atoms with Gasteiger partial charge in [0.2, 0.25) is 5.78 Å². The SMILES string of the molecule is [C-]#[N+]C(=NNc1n[nH]c(C(C)(C)C)c1[N+]#[C-])C(=O)c1ccccc1[N+](=O)[O-]. The number of carbonyl (C=O) groups is 1. The van der Waals surface area contributed by atoms with Crippen LogP contribution in [0.3, 0.4) is 0 Å². The van der Waals surface area contributed by atoms with E-state index in [0.717, 1.165) is 0 Å². The van der Waals surface area contributed by atoms with E-state index in [0.29, 0.717) is 5.69 Å². The summed E-state index contributed by atoms with van der Waals surface area (Å²) in [5.74, 6) is -1.45. The van der Waals surface area contributed by atoms with E-state index in [1.54, 1.807) is 0 Å². The summed E-state index contributed by atoms with van der Waals surface area (Å²) in [7, 11) is 0. The fourth-order valence-corrected chi connectivity index (χ4v) is 2.22. The number of amidine groups is 1. The number of benzene rings is 1. The Balaban J connectivity index is 2.38. The summed E-state index contributed by atoms with van der Waals surface area (Å²) in [5, 5.41) is 21.5. The highest BCUT2D eigenvalue weighted by molar-refractivity contribution is 6.49. The number of aromatic amines is 1. The lowest BCUT2D eigenvalue weighted by Gasteiger charge is -2.16. The zero-order valence-corrected chi connectivity index (χ0v) is 14.8. The Hall–Kier alpha value is -4.05. The highest BCUT2D eigenvalue weighted by Gasteiger charge is 2.26. The second-order valence-corrected chi connectivity index (χ2v) is 6.42. The number of anilines is 1. The van der Waals surface area contributed by atoms with Crippen molar-refractivity contribution in [1.29, 1.82) is 0 Å². The van der Waals surface area contributed by atoms with E-state index in [-0.39, 0.29) is 22.5 Å². The number of para-hydroxylation sites is 1. The van der Waals surface area contributed by atoms with Crippen molar-refractivity contribution in [3.63, 3.8) is 0 Å². The number of hydrazone groups is 1. The average molecular weight is 365 g/mol. The van der Waals surface area contributed by atoms with E-state index in [2.05, 4.69) is 30.4 Å². The zero-order valence-electron chi connectivity index (χ0n) is 14.8. The number of hydrogen-bond acceptors (Lipinski definition) is 6. The smallest absolute Gasteiger partial charge is 0.341 e. The van der Waals surface area contributed by atoms with Gasteiger partial charge in [0.25, 0.3) is 11.4 Å². The molecule has 0 amide bonds. The van der Waals surface area contributed by atoms with Gasteiger partial charge < -0.3 is 9.64 Å². The number of nitrogens with one attached hydrogen (secondary N) is 2. The maximum Gasteiger partial charge on any atom is 0.341 e. The predicted molar refractivity (Wildman–Crippen MR) is 98.6 cm³/mol. The van der Waals surface area contributed by atoms with Crippen molar-refractivity contribution < 1.29 is 9.72 Å². The Kier molecular flexibility index (Phi) is 5.32. The van der Waals surface area contributed by atoms with Crippen molar-refractivity contribution in [2.24, 2.45) is 5.10 Å². The quantitative estimate of drug-likeness (QED) is 0.209. The molecule has 2 N–H and O–H groups in total. The topological polar surface area (TPSA) is 122 Å². The van der Waals surface area contributed by atoms with E-state index < -0.39 is 22.2 Å². The van der Waals surface area contributed by atoms with Gasteiger partial charge in [-0.05, 0) is 16.6 Å². The van der Waals surface area contributed by atoms with Gasteiger partial charge in [0.1, 0.15) is 0 Å². The molecule has 0 aliphatic carbocycles. The van der Waals surface area contributed by atoms with Crippen LogP contribution in [-0.4, -0.2) is 26.7 Å². The van der Waals surface area contributed by atoms with Crippen molar-refractivity contribution in [1.82, 2.24) is 10.2 Å². The Labute approximate surface area is 154 Å². The van der Waals surface area contributed by atoms with Crippen molar-refractivity contribution in [3.8, 4) is 0 Å². The molecule has 2 rings (SSSR count). The molecule has 136 valence electrons. The molecule has 10 nitrogen and oxygen atoms in total. The van der Waals surface area contributed by atoms with E-state index in [1.165, 1.54) is 24.3 Å². The Morgan fingerprint density at radius 2 is 2.00 bits per heavy atom. The maximum atomic E-state index is 12.5. The molecule has 1 aromatic carbocycles. The summed E-state index contributed by atoms with van der Waals surface area (Å²) in [4.78, 5) is 29.3. The van der Waals surface area contributed by atoms with Gasteiger partial charge in [-0.2, -0.15) is 10.5 Å². The second kappa shape index (κ2) is 7.45. The van der Waals surface area contributed by atoms with Crippen LogP contribution in [0.25, 0.3) is 9.69 Å². The van der Waals surface area contributed by atoms with Gasteiger partial charge >= 0.3 is 5.84 Å². The number of nitrogens with zero attached hydrogens (tertiary/aromatic N) is 5. The van der Waals surface area contributed by atoms with Gasteiger partial charge in [-0.25, -0.2) is 4.85 Å². The number of carbonyl (C=O) groups excluding carboxylic acids is 1. The van der Waals surface area contributed by atoms with E-state index >= 15 is 0 Å². The molecule has 0 aliphatic heterocycles. The summed E-state index contributed by atoms with van der Waals surface area (Å²) in [6.45, 7) is 20.2. The van der Waals surface area contributed by atoms with Crippen molar-refractivity contribution in [3.05, 3.63) is 68.5 Å². The highest BCUT2D eigenvalue weighted by Crippen LogP contribution is 2.35. The minimum Gasteiger partial charge on any atom is -0.356 e. The number of nitro groups is 1. The third-order valence-electron chi connectivity index (χ3n) is 3.52. The lowest BCUT2D eigenvalue weighted by atomic mass is 9.91. The minimum atomic E-state index is -0.902. The van der Waals surface area contributed by atoms with Gasteiger partial charge in [-0.1, -0.05) is 39.5 Å². The number of aromatic nitrogens is 2. The molecule has 0 saturated carbocycles. The molecule has 0 aliphatic rings. The van der Waals surface area contributed by atoms with E-state index in [1.807, 2.05) is 20.8 Å². The number of ketones is 1. The van der Waals surface area contributed by atoms with Crippen molar-refractivity contribution >= 4 is 28.8 Å². The fourth-order valence-electron chi connectivity index (χ4n) is 2.22. The van der Waals surface area contributed by atoms with Gasteiger partial charge in [0.05, 0.1) is 17.1 Å². The molecule has 1 heterocycles. The first-order chi connectivity index (χ1) is 12.7. The van der Waals surface area contributed by atoms with Crippen molar-refractivity contribution in [2.45, 2.75) is 26.2 Å². The summed E-state index contributed by atoms with van der Waals surface area (Å²) in [6, 6.07) is 5.29. The first-order valence-corrected chi connectivity index (χ1v) is 7.66. The van der Waals surface area contributed by atoms with Crippen molar-refractivity contribution in [2.75, 3.05) is 5.43 Å². The van der Waals surface area contributed by atoms with Crippen LogP contribution in [0, 0.1) is 23.3 Å². The van der Waals surface area contributed by atoms with E-state index in [9.17, 15) is 14.9 Å². The summed E-state index contributed by atoms with van der Waals surface area (Å²) in [6.07, 6.45) is 0. The summed E-state index contributed by atoms with van der Waals surface area (Å²) >= 11 is 0. The second-order valence-electron chi connectivity index (χ2n) is 6.42. The minimum absolute atomic E-state index is 0.0615. The predicted octanol–water partition coefficient (Wildman–Crippen LogP) is 3.69. The number of H-pyrrole nitrogens is 1. The van der Waals surface area contributed by atoms with Crippen LogP contribution in [0.4, 0.5) is 17.2 Å². The van der Waals surface area contributed by atoms with Crippen LogP contribution in [0.2, 0.25) is 0 Å². The zero-order chi connectivity index (χ0) is 20.2. The molecule has 10 heteroatoms. The van der Waals surface area contributed by atoms with E-state index in [4.69, 9.17) is 13.1 Å². The molecule has 2 aromatic rings. The van der Waals surface area contributed by atoms with Crippen LogP contribution in [-0.2, 0) is 5.41 Å². The van der Waals surface area contributed by atoms with Crippen LogP contribution in [0.5, 0.6) is 0 Å². The van der Waals surface area contributed by atoms with Crippen LogP contribution in [0.15, 0.2) is 29.4 Å². The monoisotopic (exact) mass is 365 g/mol. The molecule has 1 aromatic heterocycles. The molecule has 27 heavy (non-hydrogen) atoms. The number of rotatable bonds is 5. The lowest BCUT2D eigenvalue weighted by molar-refractivity contribution is -0.385. The molecular weight excluding hydrogens is 350 g/mol. The summed E-state index contributed by atoms with van der Waals surface area (Å²) in [5.41, 5.74) is 2.15. The van der Waals surface area contributed by atoms with Crippen LogP contribution in [0.1, 0.15) is 36.8 Å². The standard InChI is InChI=1S/C17H15N7O3/c1-17(2,3)14-12(18-4)15(21-20-14)22-23-16(19-5)13(25)10-8-6-7-9-11(10)24(26)27/h6-9H,1-3H3,(H2,20,21,22). The molecular formula is C17H15N7O3. The first kappa shape index (κ1) is 19.3. The van der Waals surface area contributed by atoms with Gasteiger partial charge in [0.15, 0.2) is 5.82 Å². The third kappa shape index (κ3) is 3.96. The third-order valence-corrected chi connectivity index (χ3v) is 3.52. The number of hydrogen-bond donors (Lipinski definition) is 2. The molecule has 0 radical (unpaired) electrons. The van der Waals surface area contributed by atoms with Gasteiger partial charge in [0, 0.05) is 11.8 Å². The maximum absolute atomic E-state index is 12.5. The van der Waals surface area contributed by atoms with Crippen LogP contribution < -0.4 is 5.43 Å². The number of Topliss-reactive ketones (excluding diaryl/α,β-unsaturated/α-hetero) is 1. The normalized spacial score (nSPS) is 11.4. The number of nitro benzene ring substituents is 1. The fraction of sp³-hybridized carbons (Fsp3) is 0.235. The average Bonchev–Trinajstić information content (AvgIpc) is 3.05. The Morgan fingerprint density at radius 1 is 1.33 bits per heavy atom. The van der Waals surface area contributed by atoms with Gasteiger partial charge in [-0.15, -0.1) is 0 Å².